The fraction of sp³-hybridized carbons (Fsp3) is 0.462. The van der Waals surface area contributed by atoms with Crippen LogP contribution in [-0.4, -0.2) is 41.4 Å². The molecule has 6 heteroatoms. The Balaban J connectivity index is 1.84. The van der Waals surface area contributed by atoms with E-state index in [0.29, 0.717) is 19.5 Å². The molecule has 1 aromatic carbocycles. The van der Waals surface area contributed by atoms with Crippen molar-refractivity contribution in [2.24, 2.45) is 0 Å². The zero-order chi connectivity index (χ0) is 13.8. The number of carbonyl (C=O) groups is 1. The molecule has 0 spiro atoms. The van der Waals surface area contributed by atoms with E-state index in [1.165, 1.54) is 12.1 Å². The maximum atomic E-state index is 13.8. The summed E-state index contributed by atoms with van der Waals surface area (Å²) in [6.07, 6.45) is -1.86. The number of hydrogen-bond acceptors (Lipinski definition) is 2. The van der Waals surface area contributed by atoms with E-state index in [-0.39, 0.29) is 18.4 Å². The maximum absolute atomic E-state index is 13.8. The number of benzene rings is 1. The number of alkyl halides is 1. The molecule has 0 aromatic heterocycles. The second-order valence-corrected chi connectivity index (χ2v) is 4.65. The summed E-state index contributed by atoms with van der Waals surface area (Å²) >= 11 is 0. The van der Waals surface area contributed by atoms with Gasteiger partial charge < -0.3 is 15.3 Å². The molecule has 2 atom stereocenters. The predicted molar refractivity (Wildman–Crippen MR) is 66.1 cm³/mol. The second kappa shape index (κ2) is 5.97. The van der Waals surface area contributed by atoms with Crippen LogP contribution in [0, 0.1) is 5.82 Å². The molecule has 0 saturated carbocycles. The smallest absolute Gasteiger partial charge is 0.407 e. The third kappa shape index (κ3) is 3.64. The summed E-state index contributed by atoms with van der Waals surface area (Å²) < 4.78 is 26.5. The van der Waals surface area contributed by atoms with Gasteiger partial charge in [0.1, 0.15) is 12.0 Å². The lowest BCUT2D eigenvalue weighted by molar-refractivity contribution is 0.0881. The Bertz CT molecular complexity index is 439. The summed E-state index contributed by atoms with van der Waals surface area (Å²) in [5.41, 5.74) is 0.870. The van der Waals surface area contributed by atoms with Gasteiger partial charge >= 0.3 is 6.09 Å². The molecule has 1 heterocycles. The van der Waals surface area contributed by atoms with Gasteiger partial charge in [-0.2, -0.15) is 0 Å². The summed E-state index contributed by atoms with van der Waals surface area (Å²) in [6, 6.07) is 5.64. The van der Waals surface area contributed by atoms with Crippen LogP contribution in [-0.2, 0) is 6.54 Å². The minimum Gasteiger partial charge on any atom is -0.465 e. The SMILES string of the molecule is O=C(O)N1CC[C@H](NCc2ccc(F)cc2)[C@@H](F)C1. The lowest BCUT2D eigenvalue weighted by atomic mass is 10.0. The molecule has 1 aromatic rings. The van der Waals surface area contributed by atoms with Crippen LogP contribution in [0.2, 0.25) is 0 Å². The van der Waals surface area contributed by atoms with Crippen molar-refractivity contribution in [3.8, 4) is 0 Å². The van der Waals surface area contributed by atoms with Gasteiger partial charge in [-0.15, -0.1) is 0 Å². The molecular weight excluding hydrogens is 254 g/mol. The first-order valence-corrected chi connectivity index (χ1v) is 6.16. The van der Waals surface area contributed by atoms with E-state index in [2.05, 4.69) is 5.32 Å². The van der Waals surface area contributed by atoms with Crippen LogP contribution in [0.25, 0.3) is 0 Å². The molecule has 104 valence electrons. The normalized spacial score (nSPS) is 23.4. The van der Waals surface area contributed by atoms with Crippen molar-refractivity contribution in [2.75, 3.05) is 13.1 Å². The maximum Gasteiger partial charge on any atom is 0.407 e. The number of halogens is 2. The Morgan fingerprint density at radius 3 is 2.68 bits per heavy atom. The summed E-state index contributed by atoms with van der Waals surface area (Å²) in [5, 5.41) is 11.8. The van der Waals surface area contributed by atoms with Gasteiger partial charge in [0.25, 0.3) is 0 Å². The monoisotopic (exact) mass is 270 g/mol. The van der Waals surface area contributed by atoms with Crippen LogP contribution < -0.4 is 5.32 Å². The molecule has 0 bridgehead atoms. The van der Waals surface area contributed by atoms with Gasteiger partial charge in [0.2, 0.25) is 0 Å². The highest BCUT2D eigenvalue weighted by atomic mass is 19.1. The fourth-order valence-corrected chi connectivity index (χ4v) is 2.16. The molecule has 4 nitrogen and oxygen atoms in total. The van der Waals surface area contributed by atoms with Crippen molar-refractivity contribution in [3.05, 3.63) is 35.6 Å². The minimum absolute atomic E-state index is 0.101. The van der Waals surface area contributed by atoms with E-state index in [1.54, 1.807) is 12.1 Å². The van der Waals surface area contributed by atoms with Crippen LogP contribution in [0.3, 0.4) is 0 Å². The summed E-state index contributed by atoms with van der Waals surface area (Å²) in [5.74, 6) is -0.304. The zero-order valence-electron chi connectivity index (χ0n) is 10.4. The number of rotatable bonds is 3. The summed E-state index contributed by atoms with van der Waals surface area (Å²) in [6.45, 7) is 0.672. The van der Waals surface area contributed by atoms with Gasteiger partial charge in [-0.25, -0.2) is 13.6 Å². The number of piperidine rings is 1. The van der Waals surface area contributed by atoms with Crippen molar-refractivity contribution in [2.45, 2.75) is 25.2 Å². The molecule has 1 aliphatic rings. The van der Waals surface area contributed by atoms with Gasteiger partial charge in [-0.3, -0.25) is 0 Å². The van der Waals surface area contributed by atoms with Crippen LogP contribution in [0.4, 0.5) is 13.6 Å². The highest BCUT2D eigenvalue weighted by Gasteiger charge is 2.30. The van der Waals surface area contributed by atoms with Gasteiger partial charge in [0, 0.05) is 19.1 Å². The summed E-state index contributed by atoms with van der Waals surface area (Å²) in [4.78, 5) is 11.8. The molecule has 0 radical (unpaired) electrons. The average molecular weight is 270 g/mol. The second-order valence-electron chi connectivity index (χ2n) is 4.65. The van der Waals surface area contributed by atoms with E-state index in [1.807, 2.05) is 0 Å². The molecule has 1 fully saturated rings. The van der Waals surface area contributed by atoms with Crippen LogP contribution >= 0.6 is 0 Å². The first-order chi connectivity index (χ1) is 9.06. The van der Waals surface area contributed by atoms with Crippen molar-refractivity contribution >= 4 is 6.09 Å². The largest absolute Gasteiger partial charge is 0.465 e. The topological polar surface area (TPSA) is 52.6 Å². The highest BCUT2D eigenvalue weighted by Crippen LogP contribution is 2.15. The van der Waals surface area contributed by atoms with E-state index in [0.717, 1.165) is 10.5 Å². The van der Waals surface area contributed by atoms with Crippen LogP contribution in [0.5, 0.6) is 0 Å². The van der Waals surface area contributed by atoms with Gasteiger partial charge in [-0.05, 0) is 24.1 Å². The van der Waals surface area contributed by atoms with Crippen LogP contribution in [0.1, 0.15) is 12.0 Å². The Hall–Kier alpha value is -1.69. The molecular formula is C13H16F2N2O2. The van der Waals surface area contributed by atoms with Gasteiger partial charge in [0.15, 0.2) is 0 Å². The third-order valence-electron chi connectivity index (χ3n) is 3.29. The predicted octanol–water partition coefficient (Wildman–Crippen LogP) is 2.01. The Labute approximate surface area is 110 Å². The molecule has 2 rings (SSSR count). The number of nitrogens with one attached hydrogen (secondary N) is 1. The molecule has 0 unspecified atom stereocenters. The molecule has 1 saturated heterocycles. The number of carboxylic acid groups (broad SMARTS) is 1. The van der Waals surface area contributed by atoms with E-state index < -0.39 is 12.3 Å². The fourth-order valence-electron chi connectivity index (χ4n) is 2.16. The van der Waals surface area contributed by atoms with E-state index >= 15 is 0 Å². The van der Waals surface area contributed by atoms with Gasteiger partial charge in [0.05, 0.1) is 6.54 Å². The Morgan fingerprint density at radius 1 is 1.42 bits per heavy atom. The quantitative estimate of drug-likeness (QED) is 0.883. The van der Waals surface area contributed by atoms with Crippen molar-refractivity contribution < 1.29 is 18.7 Å². The lowest BCUT2D eigenvalue weighted by Gasteiger charge is -2.33. The Kier molecular flexibility index (Phi) is 4.31. The van der Waals surface area contributed by atoms with E-state index in [9.17, 15) is 13.6 Å². The molecule has 1 amide bonds. The zero-order valence-corrected chi connectivity index (χ0v) is 10.4. The highest BCUT2D eigenvalue weighted by molar-refractivity contribution is 5.65. The number of amides is 1. The number of hydrogen-bond donors (Lipinski definition) is 2. The Morgan fingerprint density at radius 2 is 2.11 bits per heavy atom. The van der Waals surface area contributed by atoms with Gasteiger partial charge in [-0.1, -0.05) is 12.1 Å². The number of likely N-dealkylation sites (tertiary alicyclic amines) is 1. The van der Waals surface area contributed by atoms with Crippen LogP contribution in [0.15, 0.2) is 24.3 Å². The molecule has 0 aliphatic carbocycles. The van der Waals surface area contributed by atoms with Crippen molar-refractivity contribution in [1.29, 1.82) is 0 Å². The standard InChI is InChI=1S/C13H16F2N2O2/c14-10-3-1-9(2-4-10)7-16-12-5-6-17(13(18)19)8-11(12)15/h1-4,11-12,16H,5-8H2,(H,18,19)/t11-,12-/m0/s1. The first kappa shape index (κ1) is 13.7. The third-order valence-corrected chi connectivity index (χ3v) is 3.29. The average Bonchev–Trinajstić information content (AvgIpc) is 2.39. The van der Waals surface area contributed by atoms with E-state index in [4.69, 9.17) is 5.11 Å². The lowest BCUT2D eigenvalue weighted by Crippen LogP contribution is -2.51. The molecule has 2 N–H and O–H groups in total. The molecule has 1 aliphatic heterocycles. The molecule has 19 heavy (non-hydrogen) atoms. The minimum atomic E-state index is -1.22. The van der Waals surface area contributed by atoms with Crippen molar-refractivity contribution in [1.82, 2.24) is 10.2 Å². The first-order valence-electron chi connectivity index (χ1n) is 6.16. The van der Waals surface area contributed by atoms with Crippen molar-refractivity contribution in [3.63, 3.8) is 0 Å². The summed E-state index contributed by atoms with van der Waals surface area (Å²) in [7, 11) is 0. The number of nitrogens with zero attached hydrogens (tertiary/aromatic N) is 1.